The van der Waals surface area contributed by atoms with Gasteiger partial charge >= 0.3 is 6.18 Å². The van der Waals surface area contributed by atoms with Gasteiger partial charge in [0.1, 0.15) is 0 Å². The summed E-state index contributed by atoms with van der Waals surface area (Å²) in [6, 6.07) is 11.4. The second-order valence-electron chi connectivity index (χ2n) is 6.17. The predicted molar refractivity (Wildman–Crippen MR) is 102 cm³/mol. The van der Waals surface area contributed by atoms with Gasteiger partial charge in [-0.3, -0.25) is 9.59 Å². The number of hydrogen-bond acceptors (Lipinski definition) is 2. The molecule has 0 saturated carbocycles. The average Bonchev–Trinajstić information content (AvgIpc) is 2.67. The van der Waals surface area contributed by atoms with E-state index in [1.807, 2.05) is 12.1 Å². The first-order valence-electron chi connectivity index (χ1n) is 8.27. The van der Waals surface area contributed by atoms with Crippen LogP contribution in [0, 0.1) is 3.57 Å². The van der Waals surface area contributed by atoms with Crippen LogP contribution >= 0.6 is 22.6 Å². The van der Waals surface area contributed by atoms with E-state index < -0.39 is 11.7 Å². The summed E-state index contributed by atoms with van der Waals surface area (Å²) in [4.78, 5) is 28.2. The van der Waals surface area contributed by atoms with Crippen LogP contribution in [0.5, 0.6) is 0 Å². The van der Waals surface area contributed by atoms with Crippen LogP contribution in [0.15, 0.2) is 48.5 Å². The lowest BCUT2D eigenvalue weighted by molar-refractivity contribution is -0.137. The Bertz CT molecular complexity index is 828. The first-order chi connectivity index (χ1) is 12.8. The molecule has 0 unspecified atom stereocenters. The minimum atomic E-state index is -4.43. The predicted octanol–water partition coefficient (Wildman–Crippen LogP) is 3.91. The molecule has 0 spiro atoms. The summed E-state index contributed by atoms with van der Waals surface area (Å²) in [6.45, 7) is 1.46. The van der Waals surface area contributed by atoms with Crippen molar-refractivity contribution in [3.63, 3.8) is 0 Å². The first kappa shape index (κ1) is 19.7. The molecule has 0 radical (unpaired) electrons. The van der Waals surface area contributed by atoms with Crippen molar-refractivity contribution in [2.24, 2.45) is 0 Å². The average molecular weight is 488 g/mol. The Morgan fingerprint density at radius 1 is 0.741 bits per heavy atom. The Balaban J connectivity index is 1.60. The molecule has 4 nitrogen and oxygen atoms in total. The third kappa shape index (κ3) is 4.60. The van der Waals surface area contributed by atoms with Crippen LogP contribution in [0.2, 0.25) is 0 Å². The lowest BCUT2D eigenvalue weighted by Gasteiger charge is -2.35. The van der Waals surface area contributed by atoms with E-state index in [9.17, 15) is 22.8 Å². The second kappa shape index (κ2) is 7.87. The van der Waals surface area contributed by atoms with Gasteiger partial charge in [-0.05, 0) is 71.1 Å². The fraction of sp³-hybridized carbons (Fsp3) is 0.263. The van der Waals surface area contributed by atoms with E-state index >= 15 is 0 Å². The summed E-state index contributed by atoms with van der Waals surface area (Å²) in [5.41, 5.74) is 0.0188. The molecule has 8 heteroatoms. The minimum absolute atomic E-state index is 0.0898. The molecule has 1 aliphatic rings. The van der Waals surface area contributed by atoms with Gasteiger partial charge in [-0.25, -0.2) is 0 Å². The van der Waals surface area contributed by atoms with Gasteiger partial charge in [0.05, 0.1) is 5.56 Å². The van der Waals surface area contributed by atoms with Crippen molar-refractivity contribution in [2.75, 3.05) is 26.2 Å². The van der Waals surface area contributed by atoms with Crippen LogP contribution in [0.4, 0.5) is 13.2 Å². The van der Waals surface area contributed by atoms with E-state index in [-0.39, 0.29) is 17.4 Å². The number of rotatable bonds is 2. The first-order valence-corrected chi connectivity index (χ1v) is 9.35. The Morgan fingerprint density at radius 2 is 1.11 bits per heavy atom. The number of alkyl halides is 3. The highest BCUT2D eigenvalue weighted by Crippen LogP contribution is 2.29. The Morgan fingerprint density at radius 3 is 1.48 bits per heavy atom. The lowest BCUT2D eigenvalue weighted by Crippen LogP contribution is -2.50. The van der Waals surface area contributed by atoms with E-state index in [1.54, 1.807) is 21.9 Å². The molecule has 0 atom stereocenters. The molecule has 142 valence electrons. The smallest absolute Gasteiger partial charge is 0.335 e. The normalized spacial score (nSPS) is 15.0. The molecule has 2 aromatic rings. The van der Waals surface area contributed by atoms with E-state index in [2.05, 4.69) is 22.6 Å². The maximum Gasteiger partial charge on any atom is 0.416 e. The molecule has 2 aromatic carbocycles. The fourth-order valence-electron chi connectivity index (χ4n) is 2.87. The Labute approximate surface area is 168 Å². The highest BCUT2D eigenvalue weighted by Gasteiger charge is 2.31. The molecule has 0 aromatic heterocycles. The highest BCUT2D eigenvalue weighted by atomic mass is 127. The minimum Gasteiger partial charge on any atom is -0.335 e. The van der Waals surface area contributed by atoms with E-state index in [0.717, 1.165) is 15.7 Å². The van der Waals surface area contributed by atoms with Crippen LogP contribution in [-0.2, 0) is 6.18 Å². The highest BCUT2D eigenvalue weighted by molar-refractivity contribution is 14.1. The number of carbonyl (C=O) groups is 2. The Kier molecular flexibility index (Phi) is 5.73. The molecule has 1 aliphatic heterocycles. The molecule has 1 heterocycles. The van der Waals surface area contributed by atoms with Crippen molar-refractivity contribution < 1.29 is 22.8 Å². The van der Waals surface area contributed by atoms with Gasteiger partial charge in [0.15, 0.2) is 0 Å². The summed E-state index contributed by atoms with van der Waals surface area (Å²) in [5, 5.41) is 0. The van der Waals surface area contributed by atoms with Crippen LogP contribution in [-0.4, -0.2) is 47.8 Å². The van der Waals surface area contributed by atoms with Crippen molar-refractivity contribution in [1.29, 1.82) is 0 Å². The second-order valence-corrected chi connectivity index (χ2v) is 7.41. The largest absolute Gasteiger partial charge is 0.416 e. The molecule has 1 saturated heterocycles. The van der Waals surface area contributed by atoms with Crippen LogP contribution in [0.1, 0.15) is 26.3 Å². The SMILES string of the molecule is O=C(c1ccc(I)cc1)N1CCN(C(=O)c2ccc(C(F)(F)F)cc2)CC1. The summed E-state index contributed by atoms with van der Waals surface area (Å²) in [7, 11) is 0. The quantitative estimate of drug-likeness (QED) is 0.602. The molecular weight excluding hydrogens is 472 g/mol. The fourth-order valence-corrected chi connectivity index (χ4v) is 3.23. The molecule has 1 fully saturated rings. The maximum atomic E-state index is 12.6. The molecular formula is C19H16F3IN2O2. The van der Waals surface area contributed by atoms with Gasteiger partial charge in [0, 0.05) is 40.9 Å². The monoisotopic (exact) mass is 488 g/mol. The van der Waals surface area contributed by atoms with E-state index in [0.29, 0.717) is 31.7 Å². The summed E-state index contributed by atoms with van der Waals surface area (Å²) >= 11 is 2.16. The van der Waals surface area contributed by atoms with Gasteiger partial charge in [0.25, 0.3) is 11.8 Å². The third-order valence-corrected chi connectivity index (χ3v) is 5.12. The molecule has 0 bridgehead atoms. The molecule has 0 N–H and O–H groups in total. The number of halogens is 4. The van der Waals surface area contributed by atoms with Crippen molar-refractivity contribution in [3.05, 3.63) is 68.8 Å². The number of carbonyl (C=O) groups excluding carboxylic acids is 2. The topological polar surface area (TPSA) is 40.6 Å². The van der Waals surface area contributed by atoms with Gasteiger partial charge in [-0.2, -0.15) is 13.2 Å². The number of piperazine rings is 1. The number of hydrogen-bond donors (Lipinski definition) is 0. The van der Waals surface area contributed by atoms with E-state index in [1.165, 1.54) is 12.1 Å². The van der Waals surface area contributed by atoms with Crippen molar-refractivity contribution in [2.45, 2.75) is 6.18 Å². The van der Waals surface area contributed by atoms with Gasteiger partial charge in [0.2, 0.25) is 0 Å². The zero-order valence-electron chi connectivity index (χ0n) is 14.2. The van der Waals surface area contributed by atoms with Crippen LogP contribution in [0.25, 0.3) is 0 Å². The van der Waals surface area contributed by atoms with Gasteiger partial charge in [-0.15, -0.1) is 0 Å². The van der Waals surface area contributed by atoms with Crippen molar-refractivity contribution >= 4 is 34.4 Å². The van der Waals surface area contributed by atoms with Crippen molar-refractivity contribution in [1.82, 2.24) is 9.80 Å². The van der Waals surface area contributed by atoms with Gasteiger partial charge < -0.3 is 9.80 Å². The third-order valence-electron chi connectivity index (χ3n) is 4.40. The summed E-state index contributed by atoms with van der Waals surface area (Å²) in [6.07, 6.45) is -4.43. The number of amides is 2. The molecule has 27 heavy (non-hydrogen) atoms. The van der Waals surface area contributed by atoms with Crippen LogP contribution < -0.4 is 0 Å². The Hall–Kier alpha value is -2.10. The van der Waals surface area contributed by atoms with Crippen molar-refractivity contribution in [3.8, 4) is 0 Å². The van der Waals surface area contributed by atoms with Crippen LogP contribution in [0.3, 0.4) is 0 Å². The number of nitrogens with zero attached hydrogens (tertiary/aromatic N) is 2. The standard InChI is InChI=1S/C19H16F3IN2O2/c20-19(21,22)15-5-1-13(2-6-15)17(26)24-9-11-25(12-10-24)18(27)14-3-7-16(23)8-4-14/h1-8H,9-12H2. The summed E-state index contributed by atoms with van der Waals surface area (Å²) in [5.74, 6) is -0.418. The molecule has 3 rings (SSSR count). The molecule has 2 amide bonds. The maximum absolute atomic E-state index is 12.6. The zero-order chi connectivity index (χ0) is 19.6. The zero-order valence-corrected chi connectivity index (χ0v) is 16.3. The molecule has 0 aliphatic carbocycles. The van der Waals surface area contributed by atoms with E-state index in [4.69, 9.17) is 0 Å². The number of benzene rings is 2. The lowest BCUT2D eigenvalue weighted by atomic mass is 10.1. The summed E-state index contributed by atoms with van der Waals surface area (Å²) < 4.78 is 38.9. The van der Waals surface area contributed by atoms with Gasteiger partial charge in [-0.1, -0.05) is 0 Å².